The van der Waals surface area contributed by atoms with Gasteiger partial charge in [-0.3, -0.25) is 0 Å². The molecule has 128 valence electrons. The van der Waals surface area contributed by atoms with E-state index >= 15 is 0 Å². The Kier molecular flexibility index (Phi) is 10.5. The van der Waals surface area contributed by atoms with Gasteiger partial charge < -0.3 is 0 Å². The second kappa shape index (κ2) is 8.79. The molecule has 0 spiro atoms. The first-order valence-electron chi connectivity index (χ1n) is 8.83. The van der Waals surface area contributed by atoms with Gasteiger partial charge in [0, 0.05) is 0 Å². The maximum absolute atomic E-state index is 2.74. The van der Waals surface area contributed by atoms with Gasteiger partial charge in [-0.2, -0.15) is 0 Å². The molecule has 0 bridgehead atoms. The van der Waals surface area contributed by atoms with Crippen LogP contribution in [0.3, 0.4) is 0 Å². The predicted octanol–water partition coefficient (Wildman–Crippen LogP) is 6.94. The van der Waals surface area contributed by atoms with Gasteiger partial charge in [-0.25, -0.2) is 0 Å². The van der Waals surface area contributed by atoms with Crippen LogP contribution in [0.2, 0.25) is 69.1 Å². The van der Waals surface area contributed by atoms with E-state index in [9.17, 15) is 0 Å². The Labute approximate surface area is 157 Å². The molecule has 0 aromatic carbocycles. The van der Waals surface area contributed by atoms with Crippen LogP contribution in [0.25, 0.3) is 0 Å². The number of hydrogen-bond acceptors (Lipinski definition) is 0. The fraction of sp³-hybridized carbons (Fsp3) is 1.00. The van der Waals surface area contributed by atoms with Crippen LogP contribution in [0, 0.1) is 0 Å². The summed E-state index contributed by atoms with van der Waals surface area (Å²) >= 11 is -8.50. The van der Waals surface area contributed by atoms with Gasteiger partial charge in [-0.1, -0.05) is 0 Å². The standard InChI is InChI=1S/12CH3.4CH2.5Sn/h12*1H3;4*1H2;;;;;. The average Bonchev–Trinajstić information content (AvgIpc) is 1.83. The summed E-state index contributed by atoms with van der Waals surface area (Å²) in [6.45, 7) is 0. The van der Waals surface area contributed by atoms with Crippen LogP contribution < -0.4 is 0 Å². The summed E-state index contributed by atoms with van der Waals surface area (Å²) < 4.78 is 7.61. The average molecular weight is 830 g/mol. The van der Waals surface area contributed by atoms with Crippen molar-refractivity contribution in [1.29, 1.82) is 0 Å². The Bertz CT molecular complexity index is 253. The zero-order valence-corrected chi connectivity index (χ0v) is 31.6. The first kappa shape index (κ1) is 25.0. The second-order valence-corrected chi connectivity index (χ2v) is 111. The van der Waals surface area contributed by atoms with Gasteiger partial charge in [0.1, 0.15) is 0 Å². The molecule has 0 saturated heterocycles. The first-order chi connectivity index (χ1) is 8.83. The number of rotatable bonds is 8. The molecule has 0 N–H and O–H groups in total. The quantitative estimate of drug-likeness (QED) is 0.233. The zero-order chi connectivity index (χ0) is 17.3. The van der Waals surface area contributed by atoms with Crippen molar-refractivity contribution in [3.05, 3.63) is 0 Å². The summed E-state index contributed by atoms with van der Waals surface area (Å²) in [5.41, 5.74) is 0. The Morgan fingerprint density at radius 1 is 0.333 bits per heavy atom. The maximum atomic E-state index is 2.74. The molecular formula is C16H44Sn5. The Morgan fingerprint density at radius 2 is 0.476 bits per heavy atom. The summed E-state index contributed by atoms with van der Waals surface area (Å²) in [7, 11) is 0. The van der Waals surface area contributed by atoms with Gasteiger partial charge in [0.15, 0.2) is 0 Å². The van der Waals surface area contributed by atoms with Crippen LogP contribution in [0.5, 0.6) is 0 Å². The second-order valence-electron chi connectivity index (χ2n) is 12.4. The van der Waals surface area contributed by atoms with Gasteiger partial charge in [0.05, 0.1) is 0 Å². The SMILES string of the molecule is [CH3][Sn]([CH3])([CH3])[CH2][Sn]([CH2][Sn]([CH3])([CH3])[CH3])([CH2][Sn]([CH3])([CH3])[CH3])[CH2][Sn]([CH3])([CH3])[CH3]. The minimum atomic E-state index is -1.87. The molecule has 0 atom stereocenters. The van der Waals surface area contributed by atoms with Crippen molar-refractivity contribution in [2.24, 2.45) is 0 Å². The molecule has 0 saturated carbocycles. The van der Waals surface area contributed by atoms with E-state index < -0.39 is 91.9 Å². The van der Waals surface area contributed by atoms with Crippen LogP contribution in [0.1, 0.15) is 0 Å². The first-order valence-corrected chi connectivity index (χ1v) is 59.2. The minimum absolute atomic E-state index is 1.66. The van der Waals surface area contributed by atoms with Crippen molar-refractivity contribution in [2.45, 2.75) is 69.1 Å². The van der Waals surface area contributed by atoms with Crippen LogP contribution in [-0.4, -0.2) is 91.9 Å². The molecule has 0 aromatic heterocycles. The van der Waals surface area contributed by atoms with Crippen molar-refractivity contribution in [2.75, 3.05) is 0 Å². The van der Waals surface area contributed by atoms with Gasteiger partial charge in [-0.15, -0.1) is 0 Å². The molecule has 0 aromatic rings. The van der Waals surface area contributed by atoms with Crippen molar-refractivity contribution in [3.8, 4) is 0 Å². The van der Waals surface area contributed by atoms with E-state index in [2.05, 4.69) is 59.3 Å². The third-order valence-corrected chi connectivity index (χ3v) is 163. The van der Waals surface area contributed by atoms with Crippen LogP contribution >= 0.6 is 0 Å². The van der Waals surface area contributed by atoms with Crippen LogP contribution in [-0.2, 0) is 0 Å². The summed E-state index contributed by atoms with van der Waals surface area (Å²) in [6.07, 6.45) is 0. The Hall–Kier alpha value is 3.99. The van der Waals surface area contributed by atoms with Gasteiger partial charge in [0.25, 0.3) is 0 Å². The van der Waals surface area contributed by atoms with E-state index in [0.717, 1.165) is 0 Å². The van der Waals surface area contributed by atoms with Crippen LogP contribution in [0.4, 0.5) is 0 Å². The van der Waals surface area contributed by atoms with E-state index in [1.54, 1.807) is 0 Å². The molecule has 0 aliphatic heterocycles. The molecule has 0 unspecified atom stereocenters. The third-order valence-electron chi connectivity index (χ3n) is 3.62. The zero-order valence-electron chi connectivity index (χ0n) is 17.3. The normalized spacial score (nSPS) is 15.4. The van der Waals surface area contributed by atoms with Crippen LogP contribution in [0.15, 0.2) is 0 Å². The Morgan fingerprint density at radius 3 is 0.571 bits per heavy atom. The molecule has 0 fully saturated rings. The molecule has 0 radical (unpaired) electrons. The molecule has 0 aliphatic carbocycles. The Balaban J connectivity index is 5.70. The molecule has 0 amide bonds. The van der Waals surface area contributed by atoms with E-state index in [0.29, 0.717) is 0 Å². The molecular weight excluding hydrogens is 786 g/mol. The summed E-state index contributed by atoms with van der Waals surface area (Å²) in [5, 5.41) is 0. The van der Waals surface area contributed by atoms with E-state index in [4.69, 9.17) is 0 Å². The van der Waals surface area contributed by atoms with Gasteiger partial charge in [0.2, 0.25) is 0 Å². The van der Waals surface area contributed by atoms with E-state index in [1.807, 2.05) is 9.81 Å². The van der Waals surface area contributed by atoms with Crippen molar-refractivity contribution in [1.82, 2.24) is 0 Å². The molecule has 0 rings (SSSR count). The van der Waals surface area contributed by atoms with Gasteiger partial charge in [-0.05, 0) is 0 Å². The fourth-order valence-electron chi connectivity index (χ4n) is 4.87. The molecule has 0 heterocycles. The van der Waals surface area contributed by atoms with Crippen molar-refractivity contribution >= 4 is 91.9 Å². The summed E-state index contributed by atoms with van der Waals surface area (Å²) in [4.78, 5) is 32.9. The van der Waals surface area contributed by atoms with Gasteiger partial charge >= 0.3 is 161 Å². The van der Waals surface area contributed by atoms with E-state index in [-0.39, 0.29) is 0 Å². The van der Waals surface area contributed by atoms with Crippen molar-refractivity contribution < 1.29 is 0 Å². The number of hydrogen-bond donors (Lipinski definition) is 0. The van der Waals surface area contributed by atoms with E-state index in [1.165, 1.54) is 0 Å². The third kappa shape index (κ3) is 14.8. The summed E-state index contributed by atoms with van der Waals surface area (Å²) in [6, 6.07) is 0. The molecule has 0 nitrogen and oxygen atoms in total. The molecule has 21 heavy (non-hydrogen) atoms. The summed E-state index contributed by atoms with van der Waals surface area (Å²) in [5.74, 6) is 0. The predicted molar refractivity (Wildman–Crippen MR) is 118 cm³/mol. The van der Waals surface area contributed by atoms with Crippen molar-refractivity contribution in [3.63, 3.8) is 0 Å². The molecule has 5 heteroatoms. The topological polar surface area (TPSA) is 0 Å². The fourth-order valence-corrected chi connectivity index (χ4v) is 316. The monoisotopic (exact) mass is 836 g/mol. The molecule has 0 aliphatic rings.